The van der Waals surface area contributed by atoms with Crippen LogP contribution in [0, 0.1) is 0 Å². The largest absolute Gasteiger partial charge is 0.384 e. The van der Waals surface area contributed by atoms with Crippen molar-refractivity contribution in [3.05, 3.63) is 39.5 Å². The molecule has 0 atom stereocenters. The van der Waals surface area contributed by atoms with Crippen LogP contribution in [0.3, 0.4) is 0 Å². The van der Waals surface area contributed by atoms with E-state index in [0.29, 0.717) is 16.7 Å². The Balaban J connectivity index is 2.49. The lowest BCUT2D eigenvalue weighted by Crippen LogP contribution is -2.00. The maximum atomic E-state index is 5.92. The minimum absolute atomic E-state index is 0.491. The van der Waals surface area contributed by atoms with E-state index < -0.39 is 0 Å². The Kier molecular flexibility index (Phi) is 4.19. The van der Waals surface area contributed by atoms with Gasteiger partial charge in [0.2, 0.25) is 0 Å². The summed E-state index contributed by atoms with van der Waals surface area (Å²) in [5.41, 5.74) is 7.67. The van der Waals surface area contributed by atoms with Gasteiger partial charge in [0.1, 0.15) is 5.82 Å². The van der Waals surface area contributed by atoms with E-state index in [1.807, 2.05) is 24.3 Å². The summed E-state index contributed by atoms with van der Waals surface area (Å²) in [7, 11) is 0. The number of nitrogens with zero attached hydrogens (tertiary/aromatic N) is 2. The first-order valence-corrected chi connectivity index (χ1v) is 6.86. The molecule has 0 radical (unpaired) electrons. The second-order valence-corrected chi connectivity index (χ2v) is 5.27. The second kappa shape index (κ2) is 5.67. The summed E-state index contributed by atoms with van der Waals surface area (Å²) in [5, 5.41) is 0.670. The van der Waals surface area contributed by atoms with E-state index in [1.54, 1.807) is 0 Å². The molecule has 0 aliphatic carbocycles. The Morgan fingerprint density at radius 1 is 1.28 bits per heavy atom. The number of nitrogens with two attached hydrogens (primary N) is 1. The van der Waals surface area contributed by atoms with E-state index in [2.05, 4.69) is 32.8 Å². The zero-order chi connectivity index (χ0) is 13.1. The van der Waals surface area contributed by atoms with Crippen LogP contribution in [0.15, 0.2) is 28.7 Å². The van der Waals surface area contributed by atoms with Crippen molar-refractivity contribution in [1.82, 2.24) is 9.97 Å². The summed E-state index contributed by atoms with van der Waals surface area (Å²) in [6, 6.07) is 7.34. The minimum Gasteiger partial charge on any atom is -0.384 e. The third-order valence-electron chi connectivity index (χ3n) is 2.48. The zero-order valence-corrected chi connectivity index (χ0v) is 12.3. The highest BCUT2D eigenvalue weighted by Gasteiger charge is 2.09. The summed E-state index contributed by atoms with van der Waals surface area (Å²) in [6.45, 7) is 2.11. The van der Waals surface area contributed by atoms with Gasteiger partial charge in [0.05, 0.1) is 0 Å². The van der Waals surface area contributed by atoms with Gasteiger partial charge in [-0.1, -0.05) is 24.9 Å². The zero-order valence-electron chi connectivity index (χ0n) is 9.95. The Labute approximate surface area is 120 Å². The number of benzene rings is 1. The number of aromatic nitrogens is 2. The second-order valence-electron chi connectivity index (χ2n) is 3.98. The molecule has 94 valence electrons. The third-order valence-corrected chi connectivity index (χ3v) is 3.37. The van der Waals surface area contributed by atoms with E-state index in [-0.39, 0.29) is 0 Å². The van der Waals surface area contributed by atoms with Gasteiger partial charge in [0.15, 0.2) is 5.82 Å². The normalized spacial score (nSPS) is 10.6. The molecular weight excluding hydrogens is 314 g/mol. The molecule has 0 amide bonds. The fraction of sp³-hybridized carbons (Fsp3) is 0.231. The van der Waals surface area contributed by atoms with Crippen LogP contribution in [0.2, 0.25) is 5.02 Å². The fourth-order valence-corrected chi connectivity index (χ4v) is 2.55. The molecule has 0 aliphatic heterocycles. The molecule has 18 heavy (non-hydrogen) atoms. The van der Waals surface area contributed by atoms with Gasteiger partial charge >= 0.3 is 0 Å². The van der Waals surface area contributed by atoms with Crippen molar-refractivity contribution >= 4 is 33.3 Å². The topological polar surface area (TPSA) is 51.8 Å². The van der Waals surface area contributed by atoms with E-state index in [4.69, 9.17) is 17.3 Å². The van der Waals surface area contributed by atoms with Gasteiger partial charge in [0, 0.05) is 26.8 Å². The van der Waals surface area contributed by atoms with Crippen molar-refractivity contribution in [3.8, 4) is 11.4 Å². The van der Waals surface area contributed by atoms with Crippen molar-refractivity contribution < 1.29 is 0 Å². The number of hydrogen-bond acceptors (Lipinski definition) is 3. The van der Waals surface area contributed by atoms with Crippen LogP contribution >= 0.6 is 27.5 Å². The van der Waals surface area contributed by atoms with Gasteiger partial charge in [-0.25, -0.2) is 9.97 Å². The average molecular weight is 327 g/mol. The maximum absolute atomic E-state index is 5.92. The number of aryl methyl sites for hydroxylation is 1. The first-order chi connectivity index (χ1) is 8.60. The maximum Gasteiger partial charge on any atom is 0.162 e. The molecule has 3 nitrogen and oxygen atoms in total. The fourth-order valence-electron chi connectivity index (χ4n) is 1.69. The number of halogens is 2. The lowest BCUT2D eigenvalue weighted by atomic mass is 10.2. The molecule has 2 aromatic rings. The van der Waals surface area contributed by atoms with Crippen LogP contribution in [0.25, 0.3) is 11.4 Å². The SMILES string of the molecule is CCCc1cc(N)nc(-c2ccc(Cl)cc2Br)n1. The third kappa shape index (κ3) is 3.00. The summed E-state index contributed by atoms with van der Waals surface area (Å²) >= 11 is 9.39. The first kappa shape index (κ1) is 13.3. The number of rotatable bonds is 3. The number of hydrogen-bond donors (Lipinski definition) is 1. The Hall–Kier alpha value is -1.13. The van der Waals surface area contributed by atoms with E-state index in [9.17, 15) is 0 Å². The van der Waals surface area contributed by atoms with Crippen LogP contribution in [0.5, 0.6) is 0 Å². The molecule has 0 unspecified atom stereocenters. The highest BCUT2D eigenvalue weighted by Crippen LogP contribution is 2.29. The van der Waals surface area contributed by atoms with Gasteiger partial charge in [0.25, 0.3) is 0 Å². The lowest BCUT2D eigenvalue weighted by Gasteiger charge is -2.07. The predicted octanol–water partition coefficient (Wildman–Crippen LogP) is 4.09. The Morgan fingerprint density at radius 3 is 2.72 bits per heavy atom. The highest BCUT2D eigenvalue weighted by atomic mass is 79.9. The average Bonchev–Trinajstić information content (AvgIpc) is 2.28. The predicted molar refractivity (Wildman–Crippen MR) is 78.6 cm³/mol. The van der Waals surface area contributed by atoms with Crippen LogP contribution in [0.1, 0.15) is 19.0 Å². The first-order valence-electron chi connectivity index (χ1n) is 5.69. The van der Waals surface area contributed by atoms with Crippen molar-refractivity contribution in [2.24, 2.45) is 0 Å². The molecule has 1 aromatic heterocycles. The quantitative estimate of drug-likeness (QED) is 0.924. The van der Waals surface area contributed by atoms with Crippen LogP contribution in [-0.2, 0) is 6.42 Å². The van der Waals surface area contributed by atoms with Crippen molar-refractivity contribution in [3.63, 3.8) is 0 Å². The van der Waals surface area contributed by atoms with Crippen molar-refractivity contribution in [2.45, 2.75) is 19.8 Å². The minimum atomic E-state index is 0.491. The molecule has 5 heteroatoms. The van der Waals surface area contributed by atoms with Crippen molar-refractivity contribution in [1.29, 1.82) is 0 Å². The molecule has 0 saturated heterocycles. The molecule has 0 saturated carbocycles. The number of anilines is 1. The summed E-state index contributed by atoms with van der Waals surface area (Å²) in [6.07, 6.45) is 1.92. The van der Waals surface area contributed by atoms with E-state index in [0.717, 1.165) is 28.6 Å². The van der Waals surface area contributed by atoms with Gasteiger partial charge in [-0.15, -0.1) is 0 Å². The molecule has 1 aromatic carbocycles. The van der Waals surface area contributed by atoms with Crippen LogP contribution in [0.4, 0.5) is 5.82 Å². The van der Waals surface area contributed by atoms with Gasteiger partial charge in [-0.05, 0) is 40.5 Å². The molecule has 0 spiro atoms. The van der Waals surface area contributed by atoms with Crippen molar-refractivity contribution in [2.75, 3.05) is 5.73 Å². The molecule has 0 bridgehead atoms. The molecule has 2 rings (SSSR count). The Bertz CT molecular complexity index is 572. The standard InChI is InChI=1S/C13H13BrClN3/c1-2-3-9-7-12(16)18-13(17-9)10-5-4-8(15)6-11(10)14/h4-7H,2-3H2,1H3,(H2,16,17,18). The molecule has 1 heterocycles. The van der Waals surface area contributed by atoms with Crippen LogP contribution < -0.4 is 5.73 Å². The smallest absolute Gasteiger partial charge is 0.162 e. The van der Waals surface area contributed by atoms with Gasteiger partial charge < -0.3 is 5.73 Å². The van der Waals surface area contributed by atoms with E-state index >= 15 is 0 Å². The summed E-state index contributed by atoms with van der Waals surface area (Å²) in [5.74, 6) is 1.12. The lowest BCUT2D eigenvalue weighted by molar-refractivity contribution is 0.877. The van der Waals surface area contributed by atoms with Gasteiger partial charge in [-0.3, -0.25) is 0 Å². The molecular formula is C13H13BrClN3. The summed E-state index contributed by atoms with van der Waals surface area (Å²) < 4.78 is 0.864. The van der Waals surface area contributed by atoms with E-state index in [1.165, 1.54) is 0 Å². The molecule has 2 N–H and O–H groups in total. The van der Waals surface area contributed by atoms with Crippen LogP contribution in [-0.4, -0.2) is 9.97 Å². The monoisotopic (exact) mass is 325 g/mol. The molecule has 0 fully saturated rings. The number of nitrogen functional groups attached to an aromatic ring is 1. The summed E-state index contributed by atoms with van der Waals surface area (Å²) in [4.78, 5) is 8.79. The Morgan fingerprint density at radius 2 is 2.06 bits per heavy atom. The highest BCUT2D eigenvalue weighted by molar-refractivity contribution is 9.10. The molecule has 0 aliphatic rings. The van der Waals surface area contributed by atoms with Gasteiger partial charge in [-0.2, -0.15) is 0 Å².